The fourth-order valence-corrected chi connectivity index (χ4v) is 3.30. The van der Waals surface area contributed by atoms with E-state index in [0.29, 0.717) is 19.4 Å². The van der Waals surface area contributed by atoms with Crippen LogP contribution in [0, 0.1) is 5.41 Å². The Hall–Kier alpha value is -1.56. The third-order valence-electron chi connectivity index (χ3n) is 4.08. The largest absolute Gasteiger partial charge is 0.409 e. The summed E-state index contributed by atoms with van der Waals surface area (Å²) in [4.78, 5) is 12.6. The fourth-order valence-electron chi connectivity index (χ4n) is 2.85. The molecule has 0 spiro atoms. The Labute approximate surface area is 132 Å². The molecule has 1 aromatic rings. The van der Waals surface area contributed by atoms with Gasteiger partial charge in [0.05, 0.1) is 0 Å². The van der Waals surface area contributed by atoms with E-state index in [1.807, 2.05) is 24.3 Å². The Balaban J connectivity index is 2.09. The zero-order chi connectivity index (χ0) is 15.3. The maximum absolute atomic E-state index is 12.6. The Kier molecular flexibility index (Phi) is 5.22. The number of hydrogen-bond acceptors (Lipinski definition) is 3. The maximum Gasteiger partial charge on any atom is 0.234 e. The highest BCUT2D eigenvalue weighted by Gasteiger charge is 2.43. The van der Waals surface area contributed by atoms with Crippen LogP contribution < -0.4 is 11.1 Å². The average molecular weight is 354 g/mol. The molecule has 5 nitrogen and oxygen atoms in total. The minimum absolute atomic E-state index is 0.0222. The van der Waals surface area contributed by atoms with Gasteiger partial charge in [0.2, 0.25) is 5.91 Å². The van der Waals surface area contributed by atoms with Crippen molar-refractivity contribution in [2.24, 2.45) is 16.3 Å². The van der Waals surface area contributed by atoms with Gasteiger partial charge < -0.3 is 16.3 Å². The molecule has 0 unspecified atom stereocenters. The van der Waals surface area contributed by atoms with Crippen LogP contribution in [0.15, 0.2) is 33.9 Å². The Morgan fingerprint density at radius 1 is 1.38 bits per heavy atom. The van der Waals surface area contributed by atoms with Crippen LogP contribution in [-0.4, -0.2) is 17.0 Å². The number of nitrogens with one attached hydrogen (secondary N) is 1. The van der Waals surface area contributed by atoms with Gasteiger partial charge in [-0.25, -0.2) is 0 Å². The quantitative estimate of drug-likeness (QED) is 0.336. The van der Waals surface area contributed by atoms with Crippen LogP contribution in [0.5, 0.6) is 0 Å². The lowest BCUT2D eigenvalue weighted by Gasteiger charge is -2.34. The number of amides is 1. The van der Waals surface area contributed by atoms with Crippen molar-refractivity contribution in [3.63, 3.8) is 0 Å². The number of nitrogens with two attached hydrogens (primary N) is 1. The van der Waals surface area contributed by atoms with Gasteiger partial charge in [-0.15, -0.1) is 0 Å². The van der Waals surface area contributed by atoms with E-state index in [1.165, 1.54) is 0 Å². The summed E-state index contributed by atoms with van der Waals surface area (Å²) in [5.74, 6) is -0.133. The SMILES string of the molecule is NC(=NO)C1(C(=O)NCc2cccc(Br)c2)CCCCC1. The number of amidine groups is 1. The van der Waals surface area contributed by atoms with Crippen LogP contribution in [0.1, 0.15) is 37.7 Å². The Morgan fingerprint density at radius 2 is 2.10 bits per heavy atom. The molecule has 21 heavy (non-hydrogen) atoms. The Morgan fingerprint density at radius 3 is 2.71 bits per heavy atom. The van der Waals surface area contributed by atoms with Crippen molar-refractivity contribution in [3.8, 4) is 0 Å². The van der Waals surface area contributed by atoms with Crippen molar-refractivity contribution < 1.29 is 10.0 Å². The van der Waals surface area contributed by atoms with Crippen LogP contribution in [0.25, 0.3) is 0 Å². The van der Waals surface area contributed by atoms with E-state index < -0.39 is 5.41 Å². The van der Waals surface area contributed by atoms with Gasteiger partial charge in [0.1, 0.15) is 5.41 Å². The van der Waals surface area contributed by atoms with Crippen molar-refractivity contribution >= 4 is 27.7 Å². The molecule has 1 saturated carbocycles. The first-order chi connectivity index (χ1) is 10.1. The van der Waals surface area contributed by atoms with Gasteiger partial charge in [0, 0.05) is 11.0 Å². The third-order valence-corrected chi connectivity index (χ3v) is 4.58. The molecule has 2 rings (SSSR count). The lowest BCUT2D eigenvalue weighted by atomic mass is 9.72. The molecule has 1 aliphatic carbocycles. The summed E-state index contributed by atoms with van der Waals surface area (Å²) < 4.78 is 0.970. The van der Waals surface area contributed by atoms with Gasteiger partial charge in [0.25, 0.3) is 0 Å². The molecule has 0 aromatic heterocycles. The zero-order valence-electron chi connectivity index (χ0n) is 11.8. The second-order valence-corrected chi connectivity index (χ2v) is 6.36. The molecule has 1 aliphatic rings. The first-order valence-corrected chi connectivity index (χ1v) is 7.88. The minimum Gasteiger partial charge on any atom is -0.409 e. The van der Waals surface area contributed by atoms with E-state index in [1.54, 1.807) is 0 Å². The molecule has 1 aromatic carbocycles. The lowest BCUT2D eigenvalue weighted by Crippen LogP contribution is -2.50. The molecule has 1 fully saturated rings. The van der Waals surface area contributed by atoms with Crippen LogP contribution in [0.3, 0.4) is 0 Å². The molecule has 114 valence electrons. The van der Waals surface area contributed by atoms with E-state index in [0.717, 1.165) is 29.3 Å². The molecular formula is C15H20BrN3O2. The van der Waals surface area contributed by atoms with Crippen molar-refractivity contribution in [1.82, 2.24) is 5.32 Å². The van der Waals surface area contributed by atoms with E-state index in [-0.39, 0.29) is 11.7 Å². The number of benzene rings is 1. The fraction of sp³-hybridized carbons (Fsp3) is 0.467. The smallest absolute Gasteiger partial charge is 0.234 e. The third kappa shape index (κ3) is 3.56. The summed E-state index contributed by atoms with van der Waals surface area (Å²) in [6.45, 7) is 0.429. The van der Waals surface area contributed by atoms with Crippen molar-refractivity contribution in [2.45, 2.75) is 38.6 Å². The molecule has 0 aliphatic heterocycles. The van der Waals surface area contributed by atoms with Crippen molar-refractivity contribution in [1.29, 1.82) is 0 Å². The molecule has 0 bridgehead atoms. The molecule has 0 saturated heterocycles. The Bertz CT molecular complexity index is 539. The number of halogens is 1. The van der Waals surface area contributed by atoms with E-state index in [9.17, 15) is 4.79 Å². The zero-order valence-corrected chi connectivity index (χ0v) is 13.4. The summed E-state index contributed by atoms with van der Waals surface area (Å²) in [6.07, 6.45) is 4.18. The monoisotopic (exact) mass is 353 g/mol. The van der Waals surface area contributed by atoms with Crippen LogP contribution in [0.2, 0.25) is 0 Å². The number of nitrogens with zero attached hydrogens (tertiary/aromatic N) is 1. The average Bonchev–Trinajstić information content (AvgIpc) is 2.52. The van der Waals surface area contributed by atoms with E-state index in [4.69, 9.17) is 10.9 Å². The molecular weight excluding hydrogens is 334 g/mol. The van der Waals surface area contributed by atoms with Gasteiger partial charge in [-0.3, -0.25) is 4.79 Å². The van der Waals surface area contributed by atoms with Crippen molar-refractivity contribution in [2.75, 3.05) is 0 Å². The highest BCUT2D eigenvalue weighted by molar-refractivity contribution is 9.10. The number of rotatable bonds is 4. The molecule has 0 heterocycles. The van der Waals surface area contributed by atoms with Gasteiger partial charge >= 0.3 is 0 Å². The summed E-state index contributed by atoms with van der Waals surface area (Å²) in [5, 5.41) is 15.0. The first kappa shape index (κ1) is 15.8. The predicted molar refractivity (Wildman–Crippen MR) is 84.9 cm³/mol. The summed E-state index contributed by atoms with van der Waals surface area (Å²) >= 11 is 3.41. The molecule has 0 radical (unpaired) electrons. The van der Waals surface area contributed by atoms with E-state index >= 15 is 0 Å². The summed E-state index contributed by atoms with van der Waals surface area (Å²) in [6, 6.07) is 7.76. The highest BCUT2D eigenvalue weighted by Crippen LogP contribution is 2.36. The van der Waals surface area contributed by atoms with Crippen molar-refractivity contribution in [3.05, 3.63) is 34.3 Å². The van der Waals surface area contributed by atoms with Gasteiger partial charge in [-0.1, -0.05) is 52.5 Å². The van der Waals surface area contributed by atoms with E-state index in [2.05, 4.69) is 26.4 Å². The molecule has 1 amide bonds. The second-order valence-electron chi connectivity index (χ2n) is 5.44. The normalized spacial score (nSPS) is 18.2. The molecule has 0 atom stereocenters. The minimum atomic E-state index is -0.862. The van der Waals surface area contributed by atoms with Gasteiger partial charge in [-0.05, 0) is 30.5 Å². The topological polar surface area (TPSA) is 87.7 Å². The lowest BCUT2D eigenvalue weighted by molar-refractivity contribution is -0.129. The van der Waals surface area contributed by atoms with Gasteiger partial charge in [-0.2, -0.15) is 0 Å². The maximum atomic E-state index is 12.6. The van der Waals surface area contributed by atoms with Crippen LogP contribution >= 0.6 is 15.9 Å². The number of oxime groups is 1. The molecule has 6 heteroatoms. The molecule has 4 N–H and O–H groups in total. The van der Waals surface area contributed by atoms with Crippen LogP contribution in [-0.2, 0) is 11.3 Å². The van der Waals surface area contributed by atoms with Gasteiger partial charge in [0.15, 0.2) is 5.84 Å². The summed E-state index contributed by atoms with van der Waals surface area (Å²) in [7, 11) is 0. The highest BCUT2D eigenvalue weighted by atomic mass is 79.9. The second kappa shape index (κ2) is 6.93. The number of carbonyl (C=O) groups excluding carboxylic acids is 1. The standard InChI is InChI=1S/C15H20BrN3O2/c16-12-6-4-5-11(9-12)10-18-14(20)15(13(17)19-21)7-2-1-3-8-15/h4-6,9,21H,1-3,7-8,10H2,(H2,17,19)(H,18,20). The first-order valence-electron chi connectivity index (χ1n) is 7.09. The predicted octanol–water partition coefficient (Wildman–Crippen LogP) is 2.76. The number of carbonyl (C=O) groups is 1. The van der Waals surface area contributed by atoms with Crippen LogP contribution in [0.4, 0.5) is 0 Å². The number of hydrogen-bond donors (Lipinski definition) is 3. The summed E-state index contributed by atoms with van der Waals surface area (Å²) in [5.41, 5.74) is 5.95.